The van der Waals surface area contributed by atoms with Gasteiger partial charge >= 0.3 is 18.0 Å². The molecule has 1 radical (unpaired) electrons. The number of hydrogen-bond donors (Lipinski definition) is 5. The largest absolute Gasteiger partial charge is 0.456 e. The number of rotatable bonds is 7. The fourth-order valence-corrected chi connectivity index (χ4v) is 8.98. The van der Waals surface area contributed by atoms with Gasteiger partial charge in [0.25, 0.3) is 0 Å². The van der Waals surface area contributed by atoms with Gasteiger partial charge < -0.3 is 44.7 Å². The zero-order chi connectivity index (χ0) is 39.6. The summed E-state index contributed by atoms with van der Waals surface area (Å²) >= 11 is 0. The summed E-state index contributed by atoms with van der Waals surface area (Å²) in [6.45, 7) is 11.4. The van der Waals surface area contributed by atoms with E-state index in [0.717, 1.165) is 0 Å². The molecule has 1 amide bonds. The Kier molecular flexibility index (Phi) is 12.3. The standard InChI is InChI=1S/C41H51NO12.Ac/c1-22-25-18-27(43)39(7)28(44)19-29-40(49,21-51-29)32(39)33(53-34(46)24-16-12-9-13-17-24)41(50,38(25,5)6)20-26(22)52-35(47)31(45)30(23-14-10-8-11-15-23)42-36(48)54-37(2,3)4;/h8-17,26,28-33,44-45,49-50H,18-21H2,1-7H3,(H,42,48);/t26?,28-,29+,30-,31+,32-,33-,39+,40-,41+;/m0./s1. The van der Waals surface area contributed by atoms with E-state index in [4.69, 9.17) is 18.9 Å². The van der Waals surface area contributed by atoms with Crippen molar-refractivity contribution in [2.24, 2.45) is 16.7 Å². The van der Waals surface area contributed by atoms with E-state index in [9.17, 15) is 39.6 Å². The van der Waals surface area contributed by atoms with Crippen molar-refractivity contribution in [3.63, 3.8) is 0 Å². The van der Waals surface area contributed by atoms with Crippen molar-refractivity contribution in [3.8, 4) is 0 Å². The zero-order valence-corrected chi connectivity index (χ0v) is 37.0. The number of esters is 2. The molecule has 10 atom stereocenters. The molecule has 6 rings (SSSR count). The van der Waals surface area contributed by atoms with E-state index < -0.39 is 93.9 Å². The van der Waals surface area contributed by atoms with Gasteiger partial charge in [-0.3, -0.25) is 4.79 Å². The number of alkyl carbamates (subject to hydrolysis) is 1. The first kappa shape index (κ1) is 43.4. The minimum absolute atomic E-state index is 0. The van der Waals surface area contributed by atoms with Crippen LogP contribution in [0, 0.1) is 60.8 Å². The number of benzene rings is 2. The van der Waals surface area contributed by atoms with Gasteiger partial charge in [-0.25, -0.2) is 14.4 Å². The van der Waals surface area contributed by atoms with Crippen LogP contribution in [-0.4, -0.2) is 98.2 Å². The maximum atomic E-state index is 14.6. The van der Waals surface area contributed by atoms with E-state index >= 15 is 0 Å². The van der Waals surface area contributed by atoms with Crippen molar-refractivity contribution in [1.82, 2.24) is 5.32 Å². The maximum Gasteiger partial charge on any atom is 0.408 e. The van der Waals surface area contributed by atoms with E-state index in [1.165, 1.54) is 19.1 Å². The van der Waals surface area contributed by atoms with Gasteiger partial charge in [0.05, 0.1) is 35.8 Å². The number of nitrogens with one attached hydrogen (secondary N) is 1. The Balaban J connectivity index is 0.00000580. The summed E-state index contributed by atoms with van der Waals surface area (Å²) in [5.74, 6) is -3.78. The van der Waals surface area contributed by atoms with Crippen LogP contribution < -0.4 is 5.32 Å². The summed E-state index contributed by atoms with van der Waals surface area (Å²) in [5, 5.41) is 51.2. The summed E-state index contributed by atoms with van der Waals surface area (Å²) in [5.41, 5.74) is -6.43. The van der Waals surface area contributed by atoms with Crippen LogP contribution in [0.5, 0.6) is 0 Å². The van der Waals surface area contributed by atoms with Crippen LogP contribution >= 0.6 is 0 Å². The molecule has 55 heavy (non-hydrogen) atoms. The number of ether oxygens (including phenoxy) is 4. The number of amides is 1. The third kappa shape index (κ3) is 7.58. The van der Waals surface area contributed by atoms with E-state index in [0.29, 0.717) is 16.7 Å². The number of fused-ring (bicyclic) bond motifs is 5. The van der Waals surface area contributed by atoms with Gasteiger partial charge in [0.2, 0.25) is 0 Å². The van der Waals surface area contributed by atoms with Crippen LogP contribution in [-0.2, 0) is 28.5 Å². The molecule has 2 aromatic carbocycles. The second kappa shape index (κ2) is 15.6. The molecule has 0 spiro atoms. The van der Waals surface area contributed by atoms with Crippen molar-refractivity contribution in [3.05, 3.63) is 82.9 Å². The van der Waals surface area contributed by atoms with Gasteiger partial charge in [-0.05, 0) is 57.9 Å². The Bertz CT molecular complexity index is 1830. The number of hydrogen-bond acceptors (Lipinski definition) is 12. The predicted octanol–water partition coefficient (Wildman–Crippen LogP) is 3.72. The fraction of sp³-hybridized carbons (Fsp3) is 0.561. The summed E-state index contributed by atoms with van der Waals surface area (Å²) in [6.07, 6.45) is -8.67. The van der Waals surface area contributed by atoms with Crippen LogP contribution in [0.1, 0.15) is 89.7 Å². The first-order valence-corrected chi connectivity index (χ1v) is 18.3. The summed E-state index contributed by atoms with van der Waals surface area (Å²) in [6, 6.07) is 15.1. The topological polar surface area (TPSA) is 198 Å². The molecule has 2 aromatic rings. The number of aliphatic hydroxyl groups excluding tert-OH is 2. The molecule has 14 heteroatoms. The second-order valence-corrected chi connectivity index (χ2v) is 16.9. The Morgan fingerprint density at radius 3 is 2.13 bits per heavy atom. The molecular formula is C41H51AcNO12. The molecule has 4 aliphatic rings. The molecule has 0 aromatic heterocycles. The van der Waals surface area contributed by atoms with Crippen LogP contribution in [0.2, 0.25) is 0 Å². The molecule has 295 valence electrons. The van der Waals surface area contributed by atoms with Gasteiger partial charge in [-0.1, -0.05) is 68.0 Å². The first-order valence-electron chi connectivity index (χ1n) is 18.3. The Morgan fingerprint density at radius 1 is 0.964 bits per heavy atom. The predicted molar refractivity (Wildman–Crippen MR) is 193 cm³/mol. The Morgan fingerprint density at radius 2 is 1.56 bits per heavy atom. The van der Waals surface area contributed by atoms with E-state index in [1.807, 2.05) is 0 Å². The van der Waals surface area contributed by atoms with Crippen LogP contribution in [0.4, 0.5) is 4.79 Å². The van der Waals surface area contributed by atoms with E-state index in [-0.39, 0.29) is 75.5 Å². The van der Waals surface area contributed by atoms with Gasteiger partial charge in [0, 0.05) is 74.7 Å². The quantitative estimate of drug-likeness (QED) is 0.154. The van der Waals surface area contributed by atoms with E-state index in [1.54, 1.807) is 90.1 Å². The minimum atomic E-state index is -2.13. The van der Waals surface area contributed by atoms with Crippen LogP contribution in [0.15, 0.2) is 71.8 Å². The molecule has 5 N–H and O–H groups in total. The average molecular weight is 977 g/mol. The SMILES string of the molecule is CC1=C2CC(=O)[C@@]3(C)[C@H]([C@H](OC(=O)c4ccccc4)[C@](O)(CC1OC(=O)[C@H](O)[C@@H](NC(=O)OC(C)(C)C)c1ccccc1)C2(C)C)[C@]1(O)CO[C@@H]1C[C@@H]3O.[Ac]. The summed E-state index contributed by atoms with van der Waals surface area (Å²) in [4.78, 5) is 55.3. The fourth-order valence-electron chi connectivity index (χ4n) is 8.98. The number of carbonyl (C=O) groups is 4. The summed E-state index contributed by atoms with van der Waals surface area (Å²) < 4.78 is 23.3. The molecule has 1 saturated heterocycles. The number of carbonyl (C=O) groups excluding carboxylic acids is 4. The molecule has 1 heterocycles. The van der Waals surface area contributed by atoms with Crippen LogP contribution in [0.25, 0.3) is 0 Å². The van der Waals surface area contributed by atoms with Crippen molar-refractivity contribution in [1.29, 1.82) is 0 Å². The van der Waals surface area contributed by atoms with Gasteiger partial charge in [0.15, 0.2) is 6.10 Å². The Hall–Kier alpha value is -2.70. The van der Waals surface area contributed by atoms with Gasteiger partial charge in [-0.2, -0.15) is 0 Å². The Labute approximate surface area is 356 Å². The smallest absolute Gasteiger partial charge is 0.408 e. The molecule has 13 nitrogen and oxygen atoms in total. The summed E-state index contributed by atoms with van der Waals surface area (Å²) in [7, 11) is 0. The average Bonchev–Trinajstić information content (AvgIpc) is 3.11. The number of aliphatic hydroxyl groups is 4. The first-order chi connectivity index (χ1) is 25.1. The molecule has 3 fully saturated rings. The molecular weight excluding hydrogens is 925 g/mol. The monoisotopic (exact) mass is 976 g/mol. The molecule has 1 unspecified atom stereocenters. The van der Waals surface area contributed by atoms with Crippen molar-refractivity contribution in [2.75, 3.05) is 6.61 Å². The van der Waals surface area contributed by atoms with Crippen molar-refractivity contribution in [2.45, 2.75) is 121 Å². The van der Waals surface area contributed by atoms with Crippen molar-refractivity contribution < 1.29 is 103 Å². The van der Waals surface area contributed by atoms with Gasteiger partial charge in [0.1, 0.15) is 34.8 Å². The normalized spacial score (nSPS) is 33.4. The molecule has 3 aliphatic carbocycles. The van der Waals surface area contributed by atoms with Crippen LogP contribution in [0.3, 0.4) is 0 Å². The van der Waals surface area contributed by atoms with Crippen molar-refractivity contribution >= 4 is 23.8 Å². The third-order valence-corrected chi connectivity index (χ3v) is 12.3. The molecule has 2 bridgehead atoms. The van der Waals surface area contributed by atoms with Gasteiger partial charge in [-0.15, -0.1) is 0 Å². The number of Topliss-reactive ketones (excluding diaryl/α,β-unsaturated/α-hetero) is 1. The zero-order valence-electron chi connectivity index (χ0n) is 32.3. The third-order valence-electron chi connectivity index (χ3n) is 12.3. The molecule has 1 aliphatic heterocycles. The maximum absolute atomic E-state index is 14.6. The second-order valence-electron chi connectivity index (χ2n) is 16.9. The molecule has 2 saturated carbocycles. The number of ketones is 1. The van der Waals surface area contributed by atoms with E-state index in [2.05, 4.69) is 5.32 Å². The minimum Gasteiger partial charge on any atom is -0.456 e.